The molecule has 6 heteroatoms. The Kier molecular flexibility index (Phi) is 2.35. The molecule has 0 radical (unpaired) electrons. The lowest BCUT2D eigenvalue weighted by Gasteiger charge is -2.04. The van der Waals surface area contributed by atoms with Crippen molar-refractivity contribution in [1.82, 2.24) is 0 Å². The maximum absolute atomic E-state index is 10.6. The van der Waals surface area contributed by atoms with Gasteiger partial charge in [0.05, 0.1) is 4.92 Å². The molecule has 18 heavy (non-hydrogen) atoms. The number of nitrogens with zero attached hydrogens (tertiary/aromatic N) is 1. The van der Waals surface area contributed by atoms with Crippen LogP contribution < -0.4 is 10.4 Å². The van der Waals surface area contributed by atoms with E-state index in [0.29, 0.717) is 11.4 Å². The van der Waals surface area contributed by atoms with E-state index < -0.39 is 4.92 Å². The van der Waals surface area contributed by atoms with Crippen LogP contribution in [-0.2, 0) is 4.99 Å². The summed E-state index contributed by atoms with van der Waals surface area (Å²) in [5, 5.41) is 10.6. The third-order valence-corrected chi connectivity index (χ3v) is 2.69. The first-order valence-electron chi connectivity index (χ1n) is 5.23. The Morgan fingerprint density at radius 1 is 1.11 bits per heavy atom. The number of fused-ring (bicyclic) bond motifs is 1. The van der Waals surface area contributed by atoms with E-state index in [0.717, 1.165) is 11.1 Å². The fourth-order valence-electron chi connectivity index (χ4n) is 1.82. The van der Waals surface area contributed by atoms with Crippen molar-refractivity contribution in [3.05, 3.63) is 52.6 Å². The van der Waals surface area contributed by atoms with Crippen LogP contribution in [0, 0.1) is 10.1 Å². The molecule has 2 aromatic rings. The minimum Gasteiger partial charge on any atom is -0.312 e. The van der Waals surface area contributed by atoms with Crippen molar-refractivity contribution < 1.29 is 14.8 Å². The van der Waals surface area contributed by atoms with Gasteiger partial charge in [0.2, 0.25) is 0 Å². The highest BCUT2D eigenvalue weighted by atomic mass is 17.3. The number of para-hydroxylation sites is 1. The van der Waals surface area contributed by atoms with E-state index in [1.807, 2.05) is 12.1 Å². The monoisotopic (exact) mass is 244 g/mol. The van der Waals surface area contributed by atoms with Gasteiger partial charge in [-0.15, -0.1) is 0 Å². The van der Waals surface area contributed by atoms with Gasteiger partial charge in [0.15, 0.2) is 5.75 Å². The van der Waals surface area contributed by atoms with Gasteiger partial charge in [-0.25, -0.2) is 5.48 Å². The number of nitro groups is 1. The van der Waals surface area contributed by atoms with Gasteiger partial charge in [-0.05, 0) is 23.8 Å². The van der Waals surface area contributed by atoms with Gasteiger partial charge in [-0.1, -0.05) is 17.1 Å². The van der Waals surface area contributed by atoms with Crippen molar-refractivity contribution in [2.75, 3.05) is 5.48 Å². The molecule has 2 aromatic carbocycles. The maximum Gasteiger partial charge on any atom is 0.269 e. The van der Waals surface area contributed by atoms with Crippen molar-refractivity contribution in [2.45, 2.75) is 0 Å². The molecule has 3 rings (SSSR count). The molecule has 1 aliphatic rings. The number of hydrogen-bond donors (Lipinski definition) is 1. The lowest BCUT2D eigenvalue weighted by molar-refractivity contribution is -0.384. The largest absolute Gasteiger partial charge is 0.312 e. The summed E-state index contributed by atoms with van der Waals surface area (Å²) in [4.78, 5) is 19.7. The number of anilines is 1. The summed E-state index contributed by atoms with van der Waals surface area (Å²) < 4.78 is 0. The van der Waals surface area contributed by atoms with Crippen LogP contribution in [0.2, 0.25) is 0 Å². The number of non-ortho nitro benzene ring substituents is 1. The smallest absolute Gasteiger partial charge is 0.269 e. The fraction of sp³-hybridized carbons (Fsp3) is 0. The molecule has 0 fully saturated rings. The van der Waals surface area contributed by atoms with Gasteiger partial charge in [0.1, 0.15) is 5.69 Å². The van der Waals surface area contributed by atoms with Crippen LogP contribution in [-0.4, -0.2) is 4.92 Å². The van der Waals surface area contributed by atoms with Crippen molar-refractivity contribution in [2.24, 2.45) is 0 Å². The number of nitro benzene ring substituents is 1. The average molecular weight is 244 g/mol. The molecule has 1 N–H and O–H groups in total. The third kappa shape index (κ3) is 1.64. The normalized spacial score (nSPS) is 12.4. The number of rotatable bonds is 2. The van der Waals surface area contributed by atoms with Crippen LogP contribution in [0.5, 0.6) is 5.75 Å². The molecule has 6 nitrogen and oxygen atoms in total. The van der Waals surface area contributed by atoms with Crippen LogP contribution in [0.15, 0.2) is 42.5 Å². The van der Waals surface area contributed by atoms with Gasteiger partial charge >= 0.3 is 0 Å². The topological polar surface area (TPSA) is 73.6 Å². The first kappa shape index (κ1) is 10.5. The summed E-state index contributed by atoms with van der Waals surface area (Å²) in [6.45, 7) is 0. The molecule has 0 atom stereocenters. The Morgan fingerprint density at radius 2 is 1.89 bits per heavy atom. The highest BCUT2D eigenvalue weighted by Crippen LogP contribution is 2.39. The molecule has 0 unspecified atom stereocenters. The molecule has 1 heterocycles. The van der Waals surface area contributed by atoms with Crippen LogP contribution in [0.1, 0.15) is 0 Å². The Balaban J connectivity index is 2.05. The van der Waals surface area contributed by atoms with Crippen molar-refractivity contribution >= 4 is 11.4 Å². The molecule has 0 amide bonds. The SMILES string of the molecule is O=[N+]([O-])c1ccc(-c2cccc3c2NOO3)cc1. The second-order valence-electron chi connectivity index (χ2n) is 3.75. The second kappa shape index (κ2) is 4.01. The number of benzene rings is 2. The average Bonchev–Trinajstić information content (AvgIpc) is 2.87. The molecule has 0 bridgehead atoms. The zero-order valence-corrected chi connectivity index (χ0v) is 9.12. The Morgan fingerprint density at radius 3 is 2.61 bits per heavy atom. The van der Waals surface area contributed by atoms with E-state index >= 15 is 0 Å². The molecular weight excluding hydrogens is 236 g/mol. The quantitative estimate of drug-likeness (QED) is 0.499. The summed E-state index contributed by atoms with van der Waals surface area (Å²) in [6.07, 6.45) is 0. The Bertz CT molecular complexity index is 610. The lowest BCUT2D eigenvalue weighted by Crippen LogP contribution is -1.93. The molecule has 1 aliphatic heterocycles. The van der Waals surface area contributed by atoms with E-state index in [9.17, 15) is 10.1 Å². The van der Waals surface area contributed by atoms with Crippen molar-refractivity contribution in [3.63, 3.8) is 0 Å². The van der Waals surface area contributed by atoms with E-state index in [4.69, 9.17) is 4.89 Å². The first-order valence-corrected chi connectivity index (χ1v) is 5.23. The summed E-state index contributed by atoms with van der Waals surface area (Å²) in [6, 6.07) is 11.8. The standard InChI is InChI=1S/C12H8N2O4/c15-14(16)9-6-4-8(5-7-9)10-2-1-3-11-12(10)13-18-17-11/h1-7,13H. The minimum atomic E-state index is -0.427. The Labute approximate surface area is 102 Å². The molecule has 0 spiro atoms. The highest BCUT2D eigenvalue weighted by Gasteiger charge is 2.18. The van der Waals surface area contributed by atoms with Crippen LogP contribution in [0.3, 0.4) is 0 Å². The van der Waals surface area contributed by atoms with Gasteiger partial charge < -0.3 is 4.89 Å². The predicted octanol–water partition coefficient (Wildman–Crippen LogP) is 2.91. The Hall–Kier alpha value is -2.60. The summed E-state index contributed by atoms with van der Waals surface area (Å²) in [7, 11) is 0. The third-order valence-electron chi connectivity index (χ3n) is 2.69. The number of nitrogens with one attached hydrogen (secondary N) is 1. The summed E-state index contributed by atoms with van der Waals surface area (Å²) >= 11 is 0. The van der Waals surface area contributed by atoms with E-state index in [1.54, 1.807) is 18.2 Å². The van der Waals surface area contributed by atoms with E-state index in [1.165, 1.54) is 12.1 Å². The number of hydrogen-bond acceptors (Lipinski definition) is 5. The molecule has 90 valence electrons. The molecule has 0 saturated heterocycles. The van der Waals surface area contributed by atoms with Gasteiger partial charge in [0.25, 0.3) is 5.69 Å². The van der Waals surface area contributed by atoms with Gasteiger partial charge in [-0.3, -0.25) is 10.1 Å². The van der Waals surface area contributed by atoms with E-state index in [2.05, 4.69) is 10.5 Å². The van der Waals surface area contributed by atoms with Crippen LogP contribution in [0.4, 0.5) is 11.4 Å². The van der Waals surface area contributed by atoms with Crippen LogP contribution in [0.25, 0.3) is 11.1 Å². The predicted molar refractivity (Wildman–Crippen MR) is 63.9 cm³/mol. The highest BCUT2D eigenvalue weighted by molar-refractivity contribution is 5.82. The summed E-state index contributed by atoms with van der Waals surface area (Å²) in [5.41, 5.74) is 5.13. The lowest BCUT2D eigenvalue weighted by atomic mass is 10.0. The van der Waals surface area contributed by atoms with Crippen molar-refractivity contribution in [3.8, 4) is 16.9 Å². The summed E-state index contributed by atoms with van der Waals surface area (Å²) in [5.74, 6) is 0.589. The minimum absolute atomic E-state index is 0.0618. The second-order valence-corrected chi connectivity index (χ2v) is 3.75. The molecule has 0 aromatic heterocycles. The van der Waals surface area contributed by atoms with Gasteiger partial charge in [0, 0.05) is 17.7 Å². The van der Waals surface area contributed by atoms with E-state index in [-0.39, 0.29) is 5.69 Å². The molecular formula is C12H8N2O4. The van der Waals surface area contributed by atoms with Crippen LogP contribution >= 0.6 is 0 Å². The molecule has 0 aliphatic carbocycles. The maximum atomic E-state index is 10.6. The zero-order valence-electron chi connectivity index (χ0n) is 9.12. The fourth-order valence-corrected chi connectivity index (χ4v) is 1.82. The first-order chi connectivity index (χ1) is 8.75. The zero-order chi connectivity index (χ0) is 12.5. The van der Waals surface area contributed by atoms with Gasteiger partial charge in [-0.2, -0.15) is 0 Å². The molecule has 0 saturated carbocycles. The van der Waals surface area contributed by atoms with Crippen molar-refractivity contribution in [1.29, 1.82) is 0 Å².